The molecule has 0 amide bonds. The van der Waals surface area contributed by atoms with Crippen LogP contribution in [0, 0.1) is 5.82 Å². The Morgan fingerprint density at radius 1 is 1.43 bits per heavy atom. The molecule has 0 saturated heterocycles. The molecule has 72 valence electrons. The molecule has 0 atom stereocenters. The fourth-order valence-electron chi connectivity index (χ4n) is 1.28. The van der Waals surface area contributed by atoms with Crippen LogP contribution in [0.25, 0.3) is 11.4 Å². The second-order valence-electron chi connectivity index (χ2n) is 2.97. The highest BCUT2D eigenvalue weighted by Crippen LogP contribution is 2.21. The van der Waals surface area contributed by atoms with Gasteiger partial charge in [-0.25, -0.2) is 9.37 Å². The highest BCUT2D eigenvalue weighted by molar-refractivity contribution is 9.10. The third kappa shape index (κ3) is 1.57. The van der Waals surface area contributed by atoms with Crippen LogP contribution >= 0.6 is 15.9 Å². The molecule has 1 aromatic heterocycles. The molecule has 0 aliphatic carbocycles. The Hall–Kier alpha value is -1.16. The van der Waals surface area contributed by atoms with Crippen LogP contribution < -0.4 is 0 Å². The summed E-state index contributed by atoms with van der Waals surface area (Å²) in [6, 6.07) is 6.39. The number of rotatable bonds is 1. The first kappa shape index (κ1) is 9.40. The molecule has 0 fully saturated rings. The van der Waals surface area contributed by atoms with Crippen molar-refractivity contribution in [3.63, 3.8) is 0 Å². The molecule has 4 heteroatoms. The Balaban J connectivity index is 2.55. The molecule has 0 radical (unpaired) electrons. The minimum atomic E-state index is -0.248. The summed E-state index contributed by atoms with van der Waals surface area (Å²) in [5.41, 5.74) is 0.776. The van der Waals surface area contributed by atoms with Crippen LogP contribution in [0.1, 0.15) is 0 Å². The zero-order valence-corrected chi connectivity index (χ0v) is 9.12. The Bertz CT molecular complexity index is 465. The van der Waals surface area contributed by atoms with E-state index in [0.717, 1.165) is 16.0 Å². The summed E-state index contributed by atoms with van der Waals surface area (Å²) in [7, 11) is 1.87. The van der Waals surface area contributed by atoms with Gasteiger partial charge in [0.1, 0.15) is 16.2 Å². The summed E-state index contributed by atoms with van der Waals surface area (Å²) in [6.07, 6.45) is 1.69. The molecular weight excluding hydrogens is 247 g/mol. The molecule has 0 spiro atoms. The third-order valence-electron chi connectivity index (χ3n) is 2.01. The summed E-state index contributed by atoms with van der Waals surface area (Å²) >= 11 is 3.34. The van der Waals surface area contributed by atoms with E-state index in [2.05, 4.69) is 20.9 Å². The van der Waals surface area contributed by atoms with Crippen LogP contribution in [0.5, 0.6) is 0 Å². The third-order valence-corrected chi connectivity index (χ3v) is 2.75. The summed E-state index contributed by atoms with van der Waals surface area (Å²) in [6.45, 7) is 0. The van der Waals surface area contributed by atoms with E-state index >= 15 is 0 Å². The maximum absolute atomic E-state index is 12.9. The van der Waals surface area contributed by atoms with E-state index in [-0.39, 0.29) is 5.82 Å². The van der Waals surface area contributed by atoms with E-state index in [1.165, 1.54) is 12.1 Å². The van der Waals surface area contributed by atoms with E-state index < -0.39 is 0 Å². The number of halogens is 2. The summed E-state index contributed by atoms with van der Waals surface area (Å²) < 4.78 is 15.7. The minimum Gasteiger partial charge on any atom is -0.322 e. The van der Waals surface area contributed by atoms with Crippen molar-refractivity contribution in [1.29, 1.82) is 0 Å². The van der Waals surface area contributed by atoms with Gasteiger partial charge in [0.25, 0.3) is 0 Å². The van der Waals surface area contributed by atoms with Crippen LogP contribution in [0.15, 0.2) is 35.1 Å². The lowest BCUT2D eigenvalue weighted by Crippen LogP contribution is -1.92. The van der Waals surface area contributed by atoms with Gasteiger partial charge < -0.3 is 4.57 Å². The maximum atomic E-state index is 12.9. The monoisotopic (exact) mass is 254 g/mol. The quantitative estimate of drug-likeness (QED) is 0.765. The topological polar surface area (TPSA) is 17.8 Å². The Morgan fingerprint density at radius 3 is 2.79 bits per heavy atom. The first-order valence-electron chi connectivity index (χ1n) is 4.11. The van der Waals surface area contributed by atoms with Gasteiger partial charge in [0.05, 0.1) is 6.20 Å². The standard InChI is InChI=1S/C10H8BrFN2/c1-14-9(11)6-13-10(14)7-3-2-4-8(12)5-7/h2-6H,1H3. The number of benzene rings is 1. The van der Waals surface area contributed by atoms with E-state index in [1.807, 2.05) is 17.7 Å². The predicted octanol–water partition coefficient (Wildman–Crippen LogP) is 2.99. The van der Waals surface area contributed by atoms with Crippen molar-refractivity contribution in [2.45, 2.75) is 0 Å². The first-order chi connectivity index (χ1) is 6.68. The van der Waals surface area contributed by atoms with Crippen molar-refractivity contribution < 1.29 is 4.39 Å². The smallest absolute Gasteiger partial charge is 0.140 e. The van der Waals surface area contributed by atoms with Gasteiger partial charge in [0, 0.05) is 12.6 Å². The van der Waals surface area contributed by atoms with Crippen LogP contribution in [0.2, 0.25) is 0 Å². The Kier molecular flexibility index (Phi) is 2.37. The predicted molar refractivity (Wildman–Crippen MR) is 56.3 cm³/mol. The molecule has 2 aromatic rings. The summed E-state index contributed by atoms with van der Waals surface area (Å²) in [4.78, 5) is 4.18. The molecule has 2 rings (SSSR count). The Labute approximate surface area is 89.5 Å². The molecule has 0 saturated carbocycles. The molecular formula is C10H8BrFN2. The lowest BCUT2D eigenvalue weighted by molar-refractivity contribution is 0.628. The zero-order valence-electron chi connectivity index (χ0n) is 7.54. The summed E-state index contributed by atoms with van der Waals surface area (Å²) in [5, 5.41) is 0. The van der Waals surface area contributed by atoms with Crippen LogP contribution in [0.4, 0.5) is 4.39 Å². The largest absolute Gasteiger partial charge is 0.322 e. The number of aromatic nitrogens is 2. The van der Waals surface area contributed by atoms with Gasteiger partial charge >= 0.3 is 0 Å². The average Bonchev–Trinajstić information content (AvgIpc) is 2.48. The molecule has 14 heavy (non-hydrogen) atoms. The minimum absolute atomic E-state index is 0.248. The van der Waals surface area contributed by atoms with Gasteiger partial charge in [0.15, 0.2) is 0 Å². The summed E-state index contributed by atoms with van der Waals surface area (Å²) in [5.74, 6) is 0.498. The molecule has 0 bridgehead atoms. The second kappa shape index (κ2) is 3.53. The Morgan fingerprint density at radius 2 is 2.21 bits per heavy atom. The van der Waals surface area contributed by atoms with Crippen molar-refractivity contribution in [3.05, 3.63) is 40.9 Å². The van der Waals surface area contributed by atoms with Crippen LogP contribution in [-0.2, 0) is 7.05 Å². The average molecular weight is 255 g/mol. The number of hydrogen-bond acceptors (Lipinski definition) is 1. The number of imidazole rings is 1. The molecule has 0 aliphatic rings. The molecule has 1 heterocycles. The van der Waals surface area contributed by atoms with Crippen molar-refractivity contribution in [2.75, 3.05) is 0 Å². The maximum Gasteiger partial charge on any atom is 0.140 e. The lowest BCUT2D eigenvalue weighted by Gasteiger charge is -2.02. The van der Waals surface area contributed by atoms with E-state index in [1.54, 1.807) is 12.3 Å². The van der Waals surface area contributed by atoms with Gasteiger partial charge in [0.2, 0.25) is 0 Å². The van der Waals surface area contributed by atoms with E-state index in [9.17, 15) is 4.39 Å². The van der Waals surface area contributed by atoms with Gasteiger partial charge in [-0.2, -0.15) is 0 Å². The number of nitrogens with zero attached hydrogens (tertiary/aromatic N) is 2. The molecule has 1 aromatic carbocycles. The van der Waals surface area contributed by atoms with Crippen molar-refractivity contribution >= 4 is 15.9 Å². The van der Waals surface area contributed by atoms with E-state index in [0.29, 0.717) is 0 Å². The van der Waals surface area contributed by atoms with Crippen molar-refractivity contribution in [1.82, 2.24) is 9.55 Å². The first-order valence-corrected chi connectivity index (χ1v) is 4.91. The molecule has 2 nitrogen and oxygen atoms in total. The van der Waals surface area contributed by atoms with Gasteiger partial charge in [-0.15, -0.1) is 0 Å². The molecule has 0 unspecified atom stereocenters. The lowest BCUT2D eigenvalue weighted by atomic mass is 10.2. The fourth-order valence-corrected chi connectivity index (χ4v) is 1.55. The fraction of sp³-hybridized carbons (Fsp3) is 0.100. The normalized spacial score (nSPS) is 10.5. The van der Waals surface area contributed by atoms with Gasteiger partial charge in [-0.1, -0.05) is 12.1 Å². The molecule has 0 N–H and O–H groups in total. The SMILES string of the molecule is Cn1c(Br)cnc1-c1cccc(F)c1. The second-order valence-corrected chi connectivity index (χ2v) is 3.79. The highest BCUT2D eigenvalue weighted by Gasteiger charge is 2.06. The van der Waals surface area contributed by atoms with Crippen molar-refractivity contribution in [3.8, 4) is 11.4 Å². The van der Waals surface area contributed by atoms with Crippen LogP contribution in [0.3, 0.4) is 0 Å². The van der Waals surface area contributed by atoms with Crippen LogP contribution in [-0.4, -0.2) is 9.55 Å². The number of hydrogen-bond donors (Lipinski definition) is 0. The highest BCUT2D eigenvalue weighted by atomic mass is 79.9. The zero-order chi connectivity index (χ0) is 10.1. The van der Waals surface area contributed by atoms with Gasteiger partial charge in [-0.3, -0.25) is 0 Å². The molecule has 0 aliphatic heterocycles. The van der Waals surface area contributed by atoms with Crippen molar-refractivity contribution in [2.24, 2.45) is 7.05 Å². The van der Waals surface area contributed by atoms with Gasteiger partial charge in [-0.05, 0) is 28.1 Å². The van der Waals surface area contributed by atoms with E-state index in [4.69, 9.17) is 0 Å².